The maximum Gasteiger partial charge on any atom is 0.434 e. The van der Waals surface area contributed by atoms with Crippen molar-refractivity contribution in [2.24, 2.45) is 10.9 Å². The third-order valence-corrected chi connectivity index (χ3v) is 9.94. The molecule has 3 heterocycles. The number of amides is 3. The predicted octanol–water partition coefficient (Wildman–Crippen LogP) is 7.28. The number of aliphatic imine (C=N–C) groups is 1. The first-order valence-corrected chi connectivity index (χ1v) is 17.5. The van der Waals surface area contributed by atoms with Gasteiger partial charge >= 0.3 is 24.9 Å². The van der Waals surface area contributed by atoms with E-state index in [1.165, 1.54) is 42.6 Å². The van der Waals surface area contributed by atoms with E-state index >= 15 is 4.79 Å². The molecule has 0 bridgehead atoms. The van der Waals surface area contributed by atoms with Gasteiger partial charge in [0.2, 0.25) is 5.96 Å². The number of carbonyl (C=O) groups is 3. The molecule has 4 aromatic rings. The molecule has 15 nitrogen and oxygen atoms in total. The van der Waals surface area contributed by atoms with Gasteiger partial charge in [0, 0.05) is 18.2 Å². The van der Waals surface area contributed by atoms with Crippen LogP contribution in [0.25, 0.3) is 16.8 Å². The summed E-state index contributed by atoms with van der Waals surface area (Å²) in [6, 6.07) is 9.85. The molecule has 0 radical (unpaired) electrons. The van der Waals surface area contributed by atoms with E-state index in [1.54, 1.807) is 12.2 Å². The second-order valence-corrected chi connectivity index (χ2v) is 13.9. The average Bonchev–Trinajstić information content (AvgIpc) is 3.46. The zero-order valence-corrected chi connectivity index (χ0v) is 30.6. The number of halogens is 8. The van der Waals surface area contributed by atoms with Gasteiger partial charge < -0.3 is 20.5 Å². The Morgan fingerprint density at radius 2 is 1.83 bits per heavy atom. The Kier molecular flexibility index (Phi) is 11.4. The fraction of sp³-hybridized carbons (Fsp3) is 0.371. The number of alkyl halides is 7. The van der Waals surface area contributed by atoms with E-state index in [1.807, 2.05) is 6.07 Å². The fourth-order valence-corrected chi connectivity index (χ4v) is 6.80. The van der Waals surface area contributed by atoms with Gasteiger partial charge in [0.05, 0.1) is 29.0 Å². The van der Waals surface area contributed by atoms with Crippen LogP contribution < -0.4 is 10.6 Å². The summed E-state index contributed by atoms with van der Waals surface area (Å²) in [4.78, 5) is 48.2. The average molecular weight is 839 g/mol. The van der Waals surface area contributed by atoms with Crippen LogP contribution in [0.15, 0.2) is 66.2 Å². The number of carbonyl (C=O) groups excluding carboxylic acids is 2. The minimum atomic E-state index is -4.83. The highest BCUT2D eigenvalue weighted by atomic mass is 35.5. The summed E-state index contributed by atoms with van der Waals surface area (Å²) in [5, 5.41) is 31.3. The van der Waals surface area contributed by atoms with Crippen molar-refractivity contribution in [3.63, 3.8) is 0 Å². The van der Waals surface area contributed by atoms with Crippen LogP contribution in [-0.4, -0.2) is 76.9 Å². The molecule has 58 heavy (non-hydrogen) atoms. The number of aromatic nitrogens is 5. The molecule has 2 aromatic heterocycles. The van der Waals surface area contributed by atoms with Crippen LogP contribution in [0.5, 0.6) is 0 Å². The first kappa shape index (κ1) is 41.4. The second-order valence-electron chi connectivity index (χ2n) is 13.5. The minimum Gasteiger partial charge on any atom is -0.463 e. The van der Waals surface area contributed by atoms with Gasteiger partial charge in [-0.1, -0.05) is 48.9 Å². The normalized spacial score (nSPS) is 19.2. The lowest BCUT2D eigenvalue weighted by Gasteiger charge is -2.32. The lowest BCUT2D eigenvalue weighted by molar-refractivity contribution is -0.164. The molecule has 2 fully saturated rings. The van der Waals surface area contributed by atoms with E-state index in [0.29, 0.717) is 14.9 Å². The molecule has 1 aliphatic carbocycles. The van der Waals surface area contributed by atoms with Crippen molar-refractivity contribution in [2.75, 3.05) is 6.61 Å². The molecule has 306 valence electrons. The summed E-state index contributed by atoms with van der Waals surface area (Å²) in [5.41, 5.74) is -3.92. The van der Waals surface area contributed by atoms with Crippen molar-refractivity contribution in [1.82, 2.24) is 40.1 Å². The highest BCUT2D eigenvalue weighted by Gasteiger charge is 2.64. The van der Waals surface area contributed by atoms with Crippen LogP contribution in [0.4, 0.5) is 40.3 Å². The number of guanidine groups is 1. The van der Waals surface area contributed by atoms with Crippen LogP contribution in [0.3, 0.4) is 0 Å². The molecule has 2 aliphatic rings. The van der Waals surface area contributed by atoms with Crippen LogP contribution in [0.2, 0.25) is 5.02 Å². The van der Waals surface area contributed by atoms with Crippen LogP contribution in [-0.2, 0) is 15.1 Å². The number of alkyl carbamates (subject to hydrolysis) is 1. The predicted molar refractivity (Wildman–Crippen MR) is 187 cm³/mol. The Morgan fingerprint density at radius 3 is 2.41 bits per heavy atom. The summed E-state index contributed by atoms with van der Waals surface area (Å²) in [7, 11) is 0. The van der Waals surface area contributed by atoms with Crippen molar-refractivity contribution >= 4 is 35.7 Å². The number of ether oxygens (including phenoxy) is 1. The highest BCUT2D eigenvalue weighted by Crippen LogP contribution is 2.49. The second kappa shape index (κ2) is 16.0. The molecule has 1 saturated heterocycles. The smallest absolute Gasteiger partial charge is 0.434 e. The summed E-state index contributed by atoms with van der Waals surface area (Å²) in [5.74, 6) is -2.99. The topological polar surface area (TPSA) is 193 Å². The minimum absolute atomic E-state index is 0.0691. The van der Waals surface area contributed by atoms with Crippen molar-refractivity contribution < 1.29 is 55.0 Å². The maximum atomic E-state index is 15.1. The summed E-state index contributed by atoms with van der Waals surface area (Å²) in [6.07, 6.45) is -9.37. The molecule has 6 rings (SSSR count). The largest absolute Gasteiger partial charge is 0.463 e. The molecule has 3 N–H and O–H groups in total. The lowest BCUT2D eigenvalue weighted by atomic mass is 9.80. The van der Waals surface area contributed by atoms with Crippen LogP contribution in [0, 0.1) is 17.2 Å². The summed E-state index contributed by atoms with van der Waals surface area (Å²) >= 11 is 6.39. The first-order valence-electron chi connectivity index (χ1n) is 17.1. The SMILES string of the molecule is CC(CC#N)C[C@]1(c2ccc(-c3cnn(C(F)F)c3)cc2)N/C(=N\C(=O)O)N([C@H](COC(=O)NC2(C(F)(F)F)CC2)c2ccc(Cl)c(-n3ncnc3C(F)F)c2)C1=O. The first-order chi connectivity index (χ1) is 27.4. The van der Waals surface area contributed by atoms with Gasteiger partial charge in [0.15, 0.2) is 5.82 Å². The molecular weight excluding hydrogens is 809 g/mol. The van der Waals surface area contributed by atoms with E-state index in [9.17, 15) is 50.7 Å². The molecule has 1 aliphatic heterocycles. The number of rotatable bonds is 13. The van der Waals surface area contributed by atoms with Crippen molar-refractivity contribution in [2.45, 2.75) is 68.9 Å². The molecule has 1 unspecified atom stereocenters. The van der Waals surface area contributed by atoms with Crippen molar-refractivity contribution in [3.05, 3.63) is 83.2 Å². The van der Waals surface area contributed by atoms with E-state index in [2.05, 4.69) is 25.5 Å². The Morgan fingerprint density at radius 1 is 1.12 bits per heavy atom. The van der Waals surface area contributed by atoms with E-state index in [4.69, 9.17) is 16.3 Å². The van der Waals surface area contributed by atoms with E-state index in [0.717, 1.165) is 23.5 Å². The molecule has 0 spiro atoms. The number of nitrogens with zero attached hydrogens (tertiary/aromatic N) is 8. The lowest BCUT2D eigenvalue weighted by Crippen LogP contribution is -2.49. The van der Waals surface area contributed by atoms with Gasteiger partial charge in [-0.2, -0.15) is 37.4 Å². The van der Waals surface area contributed by atoms with Gasteiger partial charge in [-0.15, -0.1) is 4.99 Å². The number of benzene rings is 2. The molecule has 2 aromatic carbocycles. The van der Waals surface area contributed by atoms with Gasteiger partial charge in [-0.05, 0) is 54.0 Å². The Bertz CT molecular complexity index is 2270. The monoisotopic (exact) mass is 838 g/mol. The third-order valence-electron chi connectivity index (χ3n) is 9.62. The quantitative estimate of drug-likeness (QED) is 0.115. The Hall–Kier alpha value is -6.24. The number of carboxylic acid groups (broad SMARTS) is 1. The van der Waals surface area contributed by atoms with E-state index in [-0.39, 0.29) is 40.2 Å². The van der Waals surface area contributed by atoms with Crippen LogP contribution in [0.1, 0.15) is 68.6 Å². The van der Waals surface area contributed by atoms with Crippen molar-refractivity contribution in [1.29, 1.82) is 5.26 Å². The number of hydrogen-bond donors (Lipinski definition) is 3. The number of hydrogen-bond acceptors (Lipinski definition) is 8. The maximum absolute atomic E-state index is 15.1. The summed E-state index contributed by atoms with van der Waals surface area (Å²) < 4.78 is 102. The van der Waals surface area contributed by atoms with Gasteiger partial charge in [0.25, 0.3) is 12.3 Å². The Labute approximate surface area is 328 Å². The molecule has 3 atom stereocenters. The summed E-state index contributed by atoms with van der Waals surface area (Å²) in [6.45, 7) is -2.24. The third kappa shape index (κ3) is 8.11. The van der Waals surface area contributed by atoms with Crippen LogP contribution >= 0.6 is 11.6 Å². The number of nitriles is 1. The molecule has 23 heteroatoms. The fourth-order valence-electron chi connectivity index (χ4n) is 6.61. The molecular formula is C35H30ClF7N10O5. The van der Waals surface area contributed by atoms with Gasteiger partial charge in [-0.3, -0.25) is 9.69 Å². The zero-order chi connectivity index (χ0) is 42.2. The Balaban J connectivity index is 1.47. The van der Waals surface area contributed by atoms with Gasteiger partial charge in [-0.25, -0.2) is 32.7 Å². The number of nitrogens with one attached hydrogen (secondary N) is 2. The standard InChI is InChI=1S/C35H30ClF7N10O5/c1-18(8-11-44)13-34(22-5-2-19(3-6-22)21-14-46-51(15-21)29(39)40)28(54)52(30(49-34)48-31(55)56)25(16-58-32(57)50-33(9-10-33)35(41,42)43)20-4-7-23(36)24(12-20)53-27(26(37)38)45-17-47-53/h2-7,12,14-15,17-18,25-26,29H,8-10,13,16H2,1H3,(H,48,49)(H,50,57)(H,55,56)/t18?,25-,34-/m1/s1. The van der Waals surface area contributed by atoms with Gasteiger partial charge in [0.1, 0.15) is 24.0 Å². The zero-order valence-electron chi connectivity index (χ0n) is 29.8. The molecule has 1 saturated carbocycles. The molecule has 3 amide bonds. The van der Waals surface area contributed by atoms with E-state index < -0.39 is 91.5 Å². The highest BCUT2D eigenvalue weighted by molar-refractivity contribution is 6.32. The van der Waals surface area contributed by atoms with Crippen molar-refractivity contribution in [3.8, 4) is 22.9 Å².